The Bertz CT molecular complexity index is 693. The number of rotatable bonds is 7. The molecule has 0 spiro atoms. The molecule has 1 aromatic rings. The molecule has 2 rings (SSSR count). The fourth-order valence-electron chi connectivity index (χ4n) is 2.55. The van der Waals surface area contributed by atoms with E-state index in [1.807, 2.05) is 13.8 Å². The van der Waals surface area contributed by atoms with Gasteiger partial charge in [0.2, 0.25) is 15.9 Å². The largest absolute Gasteiger partial charge is 0.366 e. The maximum atomic E-state index is 13.0. The van der Waals surface area contributed by atoms with E-state index in [2.05, 4.69) is 10.0 Å². The summed E-state index contributed by atoms with van der Waals surface area (Å²) in [5.41, 5.74) is 0. The molecule has 2 unspecified atom stereocenters. The summed E-state index contributed by atoms with van der Waals surface area (Å²) in [5, 5.41) is 12.2. The van der Waals surface area contributed by atoms with Crippen LogP contribution >= 0.6 is 0 Å². The van der Waals surface area contributed by atoms with E-state index in [9.17, 15) is 22.7 Å². The summed E-state index contributed by atoms with van der Waals surface area (Å²) in [7, 11) is -3.99. The van der Waals surface area contributed by atoms with Crippen LogP contribution in [0.2, 0.25) is 0 Å². The highest BCUT2D eigenvalue weighted by molar-refractivity contribution is 7.89. The Hall–Kier alpha value is -1.55. The van der Waals surface area contributed by atoms with E-state index in [-0.39, 0.29) is 17.2 Å². The van der Waals surface area contributed by atoms with Gasteiger partial charge in [-0.25, -0.2) is 12.8 Å². The number of hydrogen-bond acceptors (Lipinski definition) is 5. The lowest BCUT2D eigenvalue weighted by Crippen LogP contribution is -2.51. The molecule has 140 valence electrons. The SMILES string of the molecule is CC(C)CC(NS(=O)(=O)c1ccc(F)cc1)C(=O)N[C@H]1CCOC1O. The molecular weight excluding hydrogens is 351 g/mol. The van der Waals surface area contributed by atoms with E-state index in [0.29, 0.717) is 13.0 Å². The van der Waals surface area contributed by atoms with E-state index < -0.39 is 40.1 Å². The zero-order valence-electron chi connectivity index (χ0n) is 14.1. The van der Waals surface area contributed by atoms with Gasteiger partial charge in [0, 0.05) is 0 Å². The molecule has 1 fully saturated rings. The lowest BCUT2D eigenvalue weighted by molar-refractivity contribution is -0.127. The lowest BCUT2D eigenvalue weighted by Gasteiger charge is -2.23. The number of hydrogen-bond donors (Lipinski definition) is 3. The second-order valence-corrected chi connectivity index (χ2v) is 8.14. The van der Waals surface area contributed by atoms with E-state index in [0.717, 1.165) is 24.3 Å². The van der Waals surface area contributed by atoms with Crippen molar-refractivity contribution in [2.24, 2.45) is 5.92 Å². The van der Waals surface area contributed by atoms with Crippen molar-refractivity contribution in [2.45, 2.75) is 50.0 Å². The third-order valence-corrected chi connectivity index (χ3v) is 5.32. The van der Waals surface area contributed by atoms with Crippen LogP contribution in [0.25, 0.3) is 0 Å². The Labute approximate surface area is 146 Å². The van der Waals surface area contributed by atoms with Gasteiger partial charge in [0.25, 0.3) is 0 Å². The van der Waals surface area contributed by atoms with Crippen molar-refractivity contribution >= 4 is 15.9 Å². The van der Waals surface area contributed by atoms with Crippen molar-refractivity contribution in [3.63, 3.8) is 0 Å². The zero-order valence-corrected chi connectivity index (χ0v) is 14.9. The fourth-order valence-corrected chi connectivity index (χ4v) is 3.76. The number of carbonyl (C=O) groups is 1. The molecule has 9 heteroatoms. The van der Waals surface area contributed by atoms with Gasteiger partial charge in [-0.1, -0.05) is 13.8 Å². The minimum absolute atomic E-state index is 0.0522. The Morgan fingerprint density at radius 1 is 1.36 bits per heavy atom. The Morgan fingerprint density at radius 3 is 2.52 bits per heavy atom. The van der Waals surface area contributed by atoms with Crippen molar-refractivity contribution < 1.29 is 27.4 Å². The molecule has 1 aromatic carbocycles. The van der Waals surface area contributed by atoms with Gasteiger partial charge in [0.15, 0.2) is 6.29 Å². The maximum Gasteiger partial charge on any atom is 0.241 e. The molecule has 1 aliphatic rings. The molecule has 25 heavy (non-hydrogen) atoms. The highest BCUT2D eigenvalue weighted by Crippen LogP contribution is 2.15. The number of aliphatic hydroxyl groups is 1. The summed E-state index contributed by atoms with van der Waals surface area (Å²) in [6.07, 6.45) is -0.376. The van der Waals surface area contributed by atoms with Crippen LogP contribution in [0, 0.1) is 11.7 Å². The van der Waals surface area contributed by atoms with Crippen LogP contribution in [0.15, 0.2) is 29.2 Å². The number of amides is 1. The van der Waals surface area contributed by atoms with E-state index in [1.54, 1.807) is 0 Å². The number of ether oxygens (including phenoxy) is 1. The lowest BCUT2D eigenvalue weighted by atomic mass is 10.0. The van der Waals surface area contributed by atoms with Crippen LogP contribution in [-0.4, -0.2) is 44.4 Å². The topological polar surface area (TPSA) is 105 Å². The first-order valence-corrected chi connectivity index (χ1v) is 9.55. The predicted octanol–water partition coefficient (Wildman–Crippen LogP) is 0.742. The average Bonchev–Trinajstić information content (AvgIpc) is 2.91. The van der Waals surface area contributed by atoms with Crippen molar-refractivity contribution in [2.75, 3.05) is 6.61 Å². The van der Waals surface area contributed by atoms with Crippen LogP contribution < -0.4 is 10.0 Å². The minimum Gasteiger partial charge on any atom is -0.366 e. The summed E-state index contributed by atoms with van der Waals surface area (Å²) in [6.45, 7) is 4.04. The van der Waals surface area contributed by atoms with Crippen LogP contribution in [0.4, 0.5) is 4.39 Å². The summed E-state index contributed by atoms with van der Waals surface area (Å²) < 4.78 is 45.2. The third-order valence-electron chi connectivity index (χ3n) is 3.83. The first kappa shape index (κ1) is 19.8. The number of benzene rings is 1. The highest BCUT2D eigenvalue weighted by atomic mass is 32.2. The molecule has 1 amide bonds. The molecular formula is C16H23FN2O5S. The highest BCUT2D eigenvalue weighted by Gasteiger charge is 2.32. The molecule has 1 aliphatic heterocycles. The second kappa shape index (κ2) is 8.22. The molecule has 1 saturated heterocycles. The smallest absolute Gasteiger partial charge is 0.241 e. The third kappa shape index (κ3) is 5.46. The fraction of sp³-hybridized carbons (Fsp3) is 0.562. The number of carbonyl (C=O) groups excluding carboxylic acids is 1. The molecule has 0 radical (unpaired) electrons. The van der Waals surface area contributed by atoms with Gasteiger partial charge >= 0.3 is 0 Å². The molecule has 1 heterocycles. The monoisotopic (exact) mass is 374 g/mol. The van der Waals surface area contributed by atoms with Gasteiger partial charge in [0.05, 0.1) is 17.5 Å². The summed E-state index contributed by atoms with van der Waals surface area (Å²) in [6, 6.07) is 2.77. The van der Waals surface area contributed by atoms with Gasteiger partial charge < -0.3 is 15.2 Å². The zero-order chi connectivity index (χ0) is 18.6. The Morgan fingerprint density at radius 2 is 2.00 bits per heavy atom. The molecule has 0 aromatic heterocycles. The van der Waals surface area contributed by atoms with Crippen LogP contribution in [0.1, 0.15) is 26.7 Å². The van der Waals surface area contributed by atoms with Crippen molar-refractivity contribution in [3.05, 3.63) is 30.1 Å². The van der Waals surface area contributed by atoms with Crippen LogP contribution in [0.5, 0.6) is 0 Å². The average molecular weight is 374 g/mol. The normalized spacial score (nSPS) is 22.1. The summed E-state index contributed by atoms with van der Waals surface area (Å²) >= 11 is 0. The minimum atomic E-state index is -3.99. The number of halogens is 1. The van der Waals surface area contributed by atoms with E-state index in [4.69, 9.17) is 4.74 Å². The Kier molecular flexibility index (Phi) is 6.50. The number of nitrogens with one attached hydrogen (secondary N) is 2. The van der Waals surface area contributed by atoms with Gasteiger partial charge in [-0.3, -0.25) is 4.79 Å². The van der Waals surface area contributed by atoms with Crippen molar-refractivity contribution in [1.29, 1.82) is 0 Å². The van der Waals surface area contributed by atoms with Crippen molar-refractivity contribution in [3.8, 4) is 0 Å². The first-order chi connectivity index (χ1) is 11.7. The first-order valence-electron chi connectivity index (χ1n) is 8.07. The van der Waals surface area contributed by atoms with E-state index >= 15 is 0 Å². The quantitative estimate of drug-likeness (QED) is 0.653. The van der Waals surface area contributed by atoms with Crippen LogP contribution in [-0.2, 0) is 19.6 Å². The molecule has 7 nitrogen and oxygen atoms in total. The molecule has 0 bridgehead atoms. The van der Waals surface area contributed by atoms with E-state index in [1.165, 1.54) is 0 Å². The predicted molar refractivity (Wildman–Crippen MR) is 88.5 cm³/mol. The molecule has 3 atom stereocenters. The number of aliphatic hydroxyl groups excluding tert-OH is 1. The van der Waals surface area contributed by atoms with Crippen molar-refractivity contribution in [1.82, 2.24) is 10.0 Å². The standard InChI is InChI=1S/C16H23FN2O5S/c1-10(2)9-14(15(20)18-13-7-8-24-16(13)21)19-25(22,23)12-5-3-11(17)4-6-12/h3-6,10,13-14,16,19,21H,7-9H2,1-2H3,(H,18,20)/t13-,14?,16?/m0/s1. The molecule has 0 aliphatic carbocycles. The summed E-state index contributed by atoms with van der Waals surface area (Å²) in [5.74, 6) is -1.03. The van der Waals surface area contributed by atoms with Gasteiger partial charge in [-0.15, -0.1) is 0 Å². The van der Waals surface area contributed by atoms with Gasteiger partial charge in [-0.2, -0.15) is 4.72 Å². The summed E-state index contributed by atoms with van der Waals surface area (Å²) in [4.78, 5) is 12.4. The maximum absolute atomic E-state index is 13.0. The molecule has 3 N–H and O–H groups in total. The van der Waals surface area contributed by atoms with Crippen LogP contribution in [0.3, 0.4) is 0 Å². The molecule has 0 saturated carbocycles. The van der Waals surface area contributed by atoms with Gasteiger partial charge in [0.1, 0.15) is 11.9 Å². The number of sulfonamides is 1. The second-order valence-electron chi connectivity index (χ2n) is 6.42. The van der Waals surface area contributed by atoms with Gasteiger partial charge in [-0.05, 0) is 43.0 Å². The Balaban J connectivity index is 2.13.